The van der Waals surface area contributed by atoms with E-state index in [-0.39, 0.29) is 37.0 Å². The molecule has 0 unspecified atom stereocenters. The Morgan fingerprint density at radius 1 is 1.26 bits per heavy atom. The van der Waals surface area contributed by atoms with Crippen molar-refractivity contribution in [3.63, 3.8) is 0 Å². The lowest BCUT2D eigenvalue weighted by Gasteiger charge is -2.38. The van der Waals surface area contributed by atoms with Crippen LogP contribution in [-0.2, 0) is 20.7 Å². The average molecular weight is 387 g/mol. The molecule has 1 aliphatic heterocycles. The van der Waals surface area contributed by atoms with Gasteiger partial charge in [0.2, 0.25) is 11.8 Å². The van der Waals surface area contributed by atoms with Gasteiger partial charge >= 0.3 is 0 Å². The van der Waals surface area contributed by atoms with Crippen molar-refractivity contribution in [2.75, 3.05) is 26.8 Å². The van der Waals surface area contributed by atoms with Crippen LogP contribution in [0.25, 0.3) is 0 Å². The Kier molecular flexibility index (Phi) is 6.29. The van der Waals surface area contributed by atoms with Crippen LogP contribution in [0.15, 0.2) is 41.8 Å². The number of hydrogen-bond acceptors (Lipinski definition) is 4. The van der Waals surface area contributed by atoms with Gasteiger partial charge in [-0.1, -0.05) is 30.3 Å². The third-order valence-corrected chi connectivity index (χ3v) is 5.92. The first-order valence-corrected chi connectivity index (χ1v) is 10.1. The molecule has 0 fully saturated rings. The average Bonchev–Trinajstić information content (AvgIpc) is 3.14. The molecular formula is C21H26N2O3S. The molecule has 1 atom stereocenters. The van der Waals surface area contributed by atoms with Crippen LogP contribution >= 0.6 is 11.3 Å². The summed E-state index contributed by atoms with van der Waals surface area (Å²) < 4.78 is 4.97. The molecule has 0 aliphatic carbocycles. The second-order valence-corrected chi connectivity index (χ2v) is 8.00. The predicted octanol–water partition coefficient (Wildman–Crippen LogP) is 3.11. The normalized spacial score (nSPS) is 16.3. The van der Waals surface area contributed by atoms with Gasteiger partial charge in [-0.05, 0) is 42.8 Å². The van der Waals surface area contributed by atoms with E-state index in [2.05, 4.69) is 23.6 Å². The topological polar surface area (TPSA) is 49.9 Å². The van der Waals surface area contributed by atoms with E-state index in [4.69, 9.17) is 4.74 Å². The number of benzene rings is 1. The van der Waals surface area contributed by atoms with E-state index in [9.17, 15) is 9.59 Å². The van der Waals surface area contributed by atoms with Gasteiger partial charge in [0.25, 0.3) is 0 Å². The molecule has 0 spiro atoms. The Morgan fingerprint density at radius 2 is 2.00 bits per heavy atom. The molecule has 0 saturated carbocycles. The fourth-order valence-corrected chi connectivity index (χ4v) is 4.49. The van der Waals surface area contributed by atoms with Gasteiger partial charge < -0.3 is 14.5 Å². The fourth-order valence-electron chi connectivity index (χ4n) is 3.58. The highest BCUT2D eigenvalue weighted by molar-refractivity contribution is 7.10. The summed E-state index contributed by atoms with van der Waals surface area (Å²) in [5.41, 5.74) is 2.30. The lowest BCUT2D eigenvalue weighted by Crippen LogP contribution is -2.49. The molecule has 144 valence electrons. The molecule has 1 aromatic heterocycles. The highest BCUT2D eigenvalue weighted by Crippen LogP contribution is 2.37. The van der Waals surface area contributed by atoms with Crippen molar-refractivity contribution < 1.29 is 14.3 Å². The zero-order valence-electron chi connectivity index (χ0n) is 16.1. The summed E-state index contributed by atoms with van der Waals surface area (Å²) in [5.74, 6) is -0.191. The molecule has 0 N–H and O–H groups in total. The maximum atomic E-state index is 13.2. The molecule has 27 heavy (non-hydrogen) atoms. The minimum absolute atomic E-state index is 0.0117. The maximum Gasteiger partial charge on any atom is 0.249 e. The van der Waals surface area contributed by atoms with Gasteiger partial charge in [-0.3, -0.25) is 9.59 Å². The number of methoxy groups -OCH3 is 1. The predicted molar refractivity (Wildman–Crippen MR) is 107 cm³/mol. The van der Waals surface area contributed by atoms with Crippen LogP contribution in [0.2, 0.25) is 0 Å². The first-order chi connectivity index (χ1) is 13.0. The molecule has 1 aromatic carbocycles. The van der Waals surface area contributed by atoms with Crippen molar-refractivity contribution in [2.24, 2.45) is 0 Å². The van der Waals surface area contributed by atoms with Crippen molar-refractivity contribution in [3.05, 3.63) is 57.8 Å². The minimum Gasteiger partial charge on any atom is -0.375 e. The Hall–Kier alpha value is -2.18. The summed E-state index contributed by atoms with van der Waals surface area (Å²) in [4.78, 5) is 30.4. The van der Waals surface area contributed by atoms with Gasteiger partial charge in [-0.2, -0.15) is 0 Å². The summed E-state index contributed by atoms with van der Waals surface area (Å²) in [7, 11) is 1.49. The molecule has 6 heteroatoms. The standard InChI is InChI=1S/C21H26N2O3S/c1-15(2)23(20(25)14-26-3)13-19(24)22-11-9-18-17(10-12-27-18)21(22)16-7-5-4-6-8-16/h4-8,10,12,15,21H,9,11,13-14H2,1-3H3/t21-/m1/s1. The van der Waals surface area contributed by atoms with E-state index in [0.29, 0.717) is 6.54 Å². The molecule has 5 nitrogen and oxygen atoms in total. The van der Waals surface area contributed by atoms with Gasteiger partial charge in [0, 0.05) is 24.6 Å². The van der Waals surface area contributed by atoms with Crippen molar-refractivity contribution >= 4 is 23.2 Å². The zero-order valence-corrected chi connectivity index (χ0v) is 16.9. The number of carbonyl (C=O) groups excluding carboxylic acids is 2. The van der Waals surface area contributed by atoms with Crippen LogP contribution in [0.3, 0.4) is 0 Å². The van der Waals surface area contributed by atoms with Crippen LogP contribution in [0, 0.1) is 0 Å². The Labute approximate surface area is 164 Å². The molecule has 2 amide bonds. The van der Waals surface area contributed by atoms with Crippen molar-refractivity contribution in [1.29, 1.82) is 0 Å². The number of hydrogen-bond donors (Lipinski definition) is 0. The van der Waals surface area contributed by atoms with E-state index in [1.54, 1.807) is 16.2 Å². The van der Waals surface area contributed by atoms with E-state index in [1.165, 1.54) is 17.6 Å². The summed E-state index contributed by atoms with van der Waals surface area (Å²) in [6, 6.07) is 12.1. The second kappa shape index (κ2) is 8.67. The van der Waals surface area contributed by atoms with Crippen molar-refractivity contribution in [3.8, 4) is 0 Å². The quantitative estimate of drug-likeness (QED) is 0.767. The summed E-state index contributed by atoms with van der Waals surface area (Å²) in [5, 5.41) is 2.09. The van der Waals surface area contributed by atoms with E-state index in [1.807, 2.05) is 36.9 Å². The number of carbonyl (C=O) groups is 2. The summed E-state index contributed by atoms with van der Waals surface area (Å²) in [6.45, 7) is 4.56. The van der Waals surface area contributed by atoms with E-state index >= 15 is 0 Å². The van der Waals surface area contributed by atoms with Crippen molar-refractivity contribution in [2.45, 2.75) is 32.4 Å². The summed E-state index contributed by atoms with van der Waals surface area (Å²) >= 11 is 1.75. The highest BCUT2D eigenvalue weighted by atomic mass is 32.1. The third kappa shape index (κ3) is 4.22. The number of nitrogens with zero attached hydrogens (tertiary/aromatic N) is 2. The summed E-state index contributed by atoms with van der Waals surface area (Å²) in [6.07, 6.45) is 0.857. The van der Waals surface area contributed by atoms with Crippen LogP contribution < -0.4 is 0 Å². The van der Waals surface area contributed by atoms with Gasteiger partial charge in [0.1, 0.15) is 13.2 Å². The molecule has 0 saturated heterocycles. The largest absolute Gasteiger partial charge is 0.375 e. The Bertz CT molecular complexity index is 788. The molecule has 0 radical (unpaired) electrons. The van der Waals surface area contributed by atoms with Crippen molar-refractivity contribution in [1.82, 2.24) is 9.80 Å². The first-order valence-electron chi connectivity index (χ1n) is 9.22. The monoisotopic (exact) mass is 386 g/mol. The number of ether oxygens (including phenoxy) is 1. The molecular weight excluding hydrogens is 360 g/mol. The van der Waals surface area contributed by atoms with Crippen LogP contribution in [-0.4, -0.2) is 54.5 Å². The fraction of sp³-hybridized carbons (Fsp3) is 0.429. The second-order valence-electron chi connectivity index (χ2n) is 7.00. The number of thiophene rings is 1. The van der Waals surface area contributed by atoms with Crippen LogP contribution in [0.5, 0.6) is 0 Å². The molecule has 3 rings (SSSR count). The molecule has 1 aliphatic rings. The van der Waals surface area contributed by atoms with Crippen LogP contribution in [0.1, 0.15) is 35.9 Å². The minimum atomic E-state index is -0.162. The maximum absolute atomic E-state index is 13.2. The first kappa shape index (κ1) is 19.6. The SMILES string of the molecule is COCC(=O)N(CC(=O)N1CCc2sccc2[C@H]1c1ccccc1)C(C)C. The zero-order chi connectivity index (χ0) is 19.4. The van der Waals surface area contributed by atoms with Gasteiger partial charge in [0.15, 0.2) is 0 Å². The van der Waals surface area contributed by atoms with Gasteiger partial charge in [-0.15, -0.1) is 11.3 Å². The van der Waals surface area contributed by atoms with Crippen LogP contribution in [0.4, 0.5) is 0 Å². The van der Waals surface area contributed by atoms with E-state index in [0.717, 1.165) is 12.0 Å². The Morgan fingerprint density at radius 3 is 2.67 bits per heavy atom. The van der Waals surface area contributed by atoms with E-state index < -0.39 is 0 Å². The molecule has 0 bridgehead atoms. The Balaban J connectivity index is 1.87. The smallest absolute Gasteiger partial charge is 0.249 e. The molecule has 2 aromatic rings. The lowest BCUT2D eigenvalue weighted by atomic mass is 9.93. The number of amides is 2. The molecule has 2 heterocycles. The number of rotatable bonds is 6. The number of fused-ring (bicyclic) bond motifs is 1. The third-order valence-electron chi connectivity index (χ3n) is 4.92. The highest BCUT2D eigenvalue weighted by Gasteiger charge is 2.34. The van der Waals surface area contributed by atoms with Gasteiger partial charge in [0.05, 0.1) is 6.04 Å². The lowest BCUT2D eigenvalue weighted by molar-refractivity contribution is -0.145. The van der Waals surface area contributed by atoms with Gasteiger partial charge in [-0.25, -0.2) is 0 Å².